The van der Waals surface area contributed by atoms with Crippen LogP contribution in [0.25, 0.3) is 11.1 Å². The Kier molecular flexibility index (Phi) is 8.29. The molecule has 0 bridgehead atoms. The number of fused-ring (bicyclic) bond motifs is 3. The van der Waals surface area contributed by atoms with Crippen LogP contribution in [0.1, 0.15) is 55.7 Å². The van der Waals surface area contributed by atoms with Crippen LogP contribution in [0.4, 0.5) is 4.79 Å². The van der Waals surface area contributed by atoms with Gasteiger partial charge in [0.15, 0.2) is 0 Å². The van der Waals surface area contributed by atoms with Crippen molar-refractivity contribution < 1.29 is 33.8 Å². The number of carboxylic acids is 1. The quantitative estimate of drug-likeness (QED) is 0.353. The van der Waals surface area contributed by atoms with E-state index in [0.717, 1.165) is 27.8 Å². The number of amides is 2. The SMILES string of the molecule is CC(C)(OC(=O)[C@@H]1CCCN1C(=O)C(CC(=O)O)NC(=O)OCC1c2ccccc2-c2ccccc21)c1ccccc1. The minimum Gasteiger partial charge on any atom is -0.481 e. The second kappa shape index (κ2) is 12.1. The number of hydrogen-bond donors (Lipinski definition) is 2. The van der Waals surface area contributed by atoms with Crippen molar-refractivity contribution in [2.24, 2.45) is 0 Å². The standard InChI is InChI=1S/C33H34N2O7/c1-33(2,21-11-4-3-5-12-21)42-31(39)28-17-10-18-35(28)30(38)27(19-29(36)37)34-32(40)41-20-26-24-15-8-6-13-22(24)23-14-7-9-16-25(23)26/h3-9,11-16,26-28H,10,17-20H2,1-2H3,(H,34,40)(H,36,37)/t27?,28-/m0/s1. The maximum Gasteiger partial charge on any atom is 0.407 e. The Morgan fingerprint density at radius 1 is 0.929 bits per heavy atom. The highest BCUT2D eigenvalue weighted by atomic mass is 16.6. The average Bonchev–Trinajstić information content (AvgIpc) is 3.59. The van der Waals surface area contributed by atoms with Gasteiger partial charge in [-0.3, -0.25) is 9.59 Å². The molecule has 42 heavy (non-hydrogen) atoms. The Bertz CT molecular complexity index is 1440. The maximum atomic E-state index is 13.5. The van der Waals surface area contributed by atoms with Crippen LogP contribution >= 0.6 is 0 Å². The van der Waals surface area contributed by atoms with Crippen molar-refractivity contribution in [3.63, 3.8) is 0 Å². The Labute approximate surface area is 244 Å². The van der Waals surface area contributed by atoms with Crippen LogP contribution in [0, 0.1) is 0 Å². The lowest BCUT2D eigenvalue weighted by Gasteiger charge is -2.31. The van der Waals surface area contributed by atoms with Gasteiger partial charge in [0.25, 0.3) is 0 Å². The first kappa shape index (κ1) is 28.9. The lowest BCUT2D eigenvalue weighted by Crippen LogP contribution is -2.53. The molecular formula is C33H34N2O7. The molecule has 1 fully saturated rings. The summed E-state index contributed by atoms with van der Waals surface area (Å²) in [6, 6.07) is 22.8. The summed E-state index contributed by atoms with van der Waals surface area (Å²) < 4.78 is 11.4. The number of ether oxygens (including phenoxy) is 2. The van der Waals surface area contributed by atoms with E-state index in [0.29, 0.717) is 12.8 Å². The summed E-state index contributed by atoms with van der Waals surface area (Å²) >= 11 is 0. The molecule has 1 unspecified atom stereocenters. The van der Waals surface area contributed by atoms with E-state index in [2.05, 4.69) is 5.32 Å². The van der Waals surface area contributed by atoms with Crippen molar-refractivity contribution in [1.29, 1.82) is 0 Å². The minimum absolute atomic E-state index is 0.0150. The lowest BCUT2D eigenvalue weighted by molar-refractivity contribution is -0.166. The van der Waals surface area contributed by atoms with E-state index >= 15 is 0 Å². The van der Waals surface area contributed by atoms with Gasteiger partial charge in [0.1, 0.15) is 24.3 Å². The van der Waals surface area contributed by atoms with E-state index in [1.807, 2.05) is 78.9 Å². The smallest absolute Gasteiger partial charge is 0.407 e. The van der Waals surface area contributed by atoms with Gasteiger partial charge in [0, 0.05) is 12.5 Å². The molecule has 3 aromatic carbocycles. The zero-order valence-electron chi connectivity index (χ0n) is 23.6. The van der Waals surface area contributed by atoms with E-state index < -0.39 is 48.0 Å². The number of rotatable bonds is 9. The fourth-order valence-electron chi connectivity index (χ4n) is 5.85. The largest absolute Gasteiger partial charge is 0.481 e. The highest BCUT2D eigenvalue weighted by Gasteiger charge is 2.41. The number of carbonyl (C=O) groups is 4. The van der Waals surface area contributed by atoms with Crippen LogP contribution in [0.2, 0.25) is 0 Å². The van der Waals surface area contributed by atoms with Crippen LogP contribution < -0.4 is 5.32 Å². The molecule has 0 aromatic heterocycles. The fraction of sp³-hybridized carbons (Fsp3) is 0.333. The van der Waals surface area contributed by atoms with E-state index in [1.54, 1.807) is 13.8 Å². The molecule has 9 heteroatoms. The molecule has 9 nitrogen and oxygen atoms in total. The van der Waals surface area contributed by atoms with Crippen molar-refractivity contribution in [3.05, 3.63) is 95.6 Å². The zero-order valence-corrected chi connectivity index (χ0v) is 23.6. The normalized spacial score (nSPS) is 16.7. The summed E-state index contributed by atoms with van der Waals surface area (Å²) in [5.41, 5.74) is 4.07. The summed E-state index contributed by atoms with van der Waals surface area (Å²) in [5.74, 6) is -2.70. The third-order valence-corrected chi connectivity index (χ3v) is 7.95. The summed E-state index contributed by atoms with van der Waals surface area (Å²) in [4.78, 5) is 52.6. The van der Waals surface area contributed by atoms with Gasteiger partial charge in [-0.2, -0.15) is 0 Å². The average molecular weight is 571 g/mol. The third-order valence-electron chi connectivity index (χ3n) is 7.95. The molecule has 2 atom stereocenters. The van der Waals surface area contributed by atoms with Crippen molar-refractivity contribution in [1.82, 2.24) is 10.2 Å². The highest BCUT2D eigenvalue weighted by molar-refractivity contribution is 5.92. The van der Waals surface area contributed by atoms with E-state index in [1.165, 1.54) is 4.90 Å². The van der Waals surface area contributed by atoms with Gasteiger partial charge < -0.3 is 24.8 Å². The monoisotopic (exact) mass is 570 g/mol. The van der Waals surface area contributed by atoms with Gasteiger partial charge in [-0.1, -0.05) is 78.9 Å². The number of esters is 1. The van der Waals surface area contributed by atoms with Crippen molar-refractivity contribution in [2.75, 3.05) is 13.2 Å². The Morgan fingerprint density at radius 3 is 2.14 bits per heavy atom. The van der Waals surface area contributed by atoms with Crippen LogP contribution in [0.5, 0.6) is 0 Å². The molecule has 2 N–H and O–H groups in total. The molecule has 0 saturated carbocycles. The molecule has 1 aliphatic heterocycles. The van der Waals surface area contributed by atoms with Gasteiger partial charge >= 0.3 is 18.0 Å². The summed E-state index contributed by atoms with van der Waals surface area (Å²) in [6.07, 6.45) is -0.640. The van der Waals surface area contributed by atoms with Crippen LogP contribution in [-0.2, 0) is 29.5 Å². The summed E-state index contributed by atoms with van der Waals surface area (Å²) in [7, 11) is 0. The van der Waals surface area contributed by atoms with Gasteiger partial charge in [-0.05, 0) is 54.5 Å². The molecule has 0 radical (unpaired) electrons. The summed E-state index contributed by atoms with van der Waals surface area (Å²) in [6.45, 7) is 3.80. The fourth-order valence-corrected chi connectivity index (χ4v) is 5.85. The van der Waals surface area contributed by atoms with Gasteiger partial charge in [0.05, 0.1) is 6.42 Å². The van der Waals surface area contributed by atoms with Crippen LogP contribution in [0.15, 0.2) is 78.9 Å². The van der Waals surface area contributed by atoms with E-state index in [4.69, 9.17) is 9.47 Å². The Morgan fingerprint density at radius 2 is 1.52 bits per heavy atom. The molecule has 2 amide bonds. The maximum absolute atomic E-state index is 13.5. The topological polar surface area (TPSA) is 122 Å². The Balaban J connectivity index is 1.25. The first-order chi connectivity index (χ1) is 20.2. The van der Waals surface area contributed by atoms with E-state index in [-0.39, 0.29) is 19.1 Å². The minimum atomic E-state index is -1.41. The highest BCUT2D eigenvalue weighted by Crippen LogP contribution is 2.44. The lowest BCUT2D eigenvalue weighted by atomic mass is 9.98. The second-order valence-corrected chi connectivity index (χ2v) is 11.1. The molecule has 3 aromatic rings. The molecule has 2 aliphatic rings. The number of benzene rings is 3. The molecular weight excluding hydrogens is 536 g/mol. The molecule has 0 spiro atoms. The Hall–Kier alpha value is -4.66. The van der Waals surface area contributed by atoms with Crippen LogP contribution in [-0.4, -0.2) is 59.2 Å². The summed E-state index contributed by atoms with van der Waals surface area (Å²) in [5, 5.41) is 12.0. The molecule has 1 aliphatic carbocycles. The number of hydrogen-bond acceptors (Lipinski definition) is 6. The number of carbonyl (C=O) groups excluding carboxylic acids is 3. The third kappa shape index (κ3) is 6.00. The number of alkyl carbamates (subject to hydrolysis) is 1. The predicted octanol–water partition coefficient (Wildman–Crippen LogP) is 4.84. The number of aliphatic carboxylic acids is 1. The number of nitrogens with one attached hydrogen (secondary N) is 1. The van der Waals surface area contributed by atoms with Gasteiger partial charge in [-0.15, -0.1) is 0 Å². The molecule has 1 heterocycles. The first-order valence-electron chi connectivity index (χ1n) is 14.1. The molecule has 218 valence electrons. The molecule has 1 saturated heterocycles. The van der Waals surface area contributed by atoms with Crippen molar-refractivity contribution in [3.8, 4) is 11.1 Å². The van der Waals surface area contributed by atoms with Crippen molar-refractivity contribution in [2.45, 2.75) is 56.7 Å². The van der Waals surface area contributed by atoms with E-state index in [9.17, 15) is 24.3 Å². The number of carboxylic acid groups (broad SMARTS) is 1. The predicted molar refractivity (Wildman–Crippen MR) is 155 cm³/mol. The van der Waals surface area contributed by atoms with Crippen molar-refractivity contribution >= 4 is 23.9 Å². The molecule has 5 rings (SSSR count). The number of likely N-dealkylation sites (tertiary alicyclic amines) is 1. The van der Waals surface area contributed by atoms with Crippen LogP contribution in [0.3, 0.4) is 0 Å². The second-order valence-electron chi connectivity index (χ2n) is 11.1. The first-order valence-corrected chi connectivity index (χ1v) is 14.1. The van der Waals surface area contributed by atoms with Gasteiger partial charge in [-0.25, -0.2) is 9.59 Å². The zero-order chi connectivity index (χ0) is 29.9. The van der Waals surface area contributed by atoms with Gasteiger partial charge in [0.2, 0.25) is 5.91 Å². The number of nitrogens with zero attached hydrogens (tertiary/aromatic N) is 1.